The highest BCUT2D eigenvalue weighted by atomic mass is 32.1. The zero-order chi connectivity index (χ0) is 11.4. The zero-order valence-corrected chi connectivity index (χ0v) is 9.87. The van der Waals surface area contributed by atoms with E-state index in [1.54, 1.807) is 17.5 Å². The molecule has 0 aliphatic carbocycles. The Labute approximate surface area is 99.1 Å². The molecule has 2 aromatic rings. The lowest BCUT2D eigenvalue weighted by molar-refractivity contribution is 0.604. The van der Waals surface area contributed by atoms with Crippen LogP contribution in [-0.4, -0.2) is 16.1 Å². The number of nitrogens with one attached hydrogen (secondary N) is 1. The monoisotopic (exact) mass is 231 g/mol. The molecule has 1 atom stereocenters. The number of imidazole rings is 1. The second kappa shape index (κ2) is 4.97. The van der Waals surface area contributed by atoms with Crippen LogP contribution in [0.1, 0.15) is 16.7 Å². The van der Waals surface area contributed by atoms with E-state index in [0.717, 1.165) is 5.82 Å². The van der Waals surface area contributed by atoms with Gasteiger partial charge in [0.2, 0.25) is 0 Å². The van der Waals surface area contributed by atoms with Crippen LogP contribution in [0.15, 0.2) is 29.9 Å². The first-order valence-electron chi connectivity index (χ1n) is 5.00. The Balaban J connectivity index is 2.29. The largest absolute Gasteiger partial charge is 0.336 e. The standard InChI is InChI=1S/C12H13N3S/c1-3-6-13-11(10-5-4-9-16-10)12-14-7-8-15(12)2/h1,4-5,7-9,11,13H,6H2,2H3. The van der Waals surface area contributed by atoms with Crippen molar-refractivity contribution in [2.45, 2.75) is 6.04 Å². The quantitative estimate of drug-likeness (QED) is 0.813. The number of terminal acetylenes is 1. The first-order valence-corrected chi connectivity index (χ1v) is 5.88. The number of aromatic nitrogens is 2. The maximum absolute atomic E-state index is 5.29. The molecule has 0 fully saturated rings. The topological polar surface area (TPSA) is 29.9 Å². The van der Waals surface area contributed by atoms with Crippen molar-refractivity contribution >= 4 is 11.3 Å². The molecule has 1 unspecified atom stereocenters. The maximum atomic E-state index is 5.29. The Morgan fingerprint density at radius 3 is 3.12 bits per heavy atom. The number of rotatable bonds is 4. The number of thiophene rings is 1. The second-order valence-electron chi connectivity index (χ2n) is 3.43. The van der Waals surface area contributed by atoms with E-state index in [2.05, 4.69) is 27.7 Å². The van der Waals surface area contributed by atoms with Gasteiger partial charge in [-0.05, 0) is 11.4 Å². The van der Waals surface area contributed by atoms with Gasteiger partial charge in [-0.2, -0.15) is 0 Å². The lowest BCUT2D eigenvalue weighted by atomic mass is 10.2. The summed E-state index contributed by atoms with van der Waals surface area (Å²) in [6.45, 7) is 0.537. The fourth-order valence-corrected chi connectivity index (χ4v) is 2.39. The molecule has 0 spiro atoms. The van der Waals surface area contributed by atoms with E-state index in [1.165, 1.54) is 4.88 Å². The Bertz CT molecular complexity index is 479. The van der Waals surface area contributed by atoms with Gasteiger partial charge >= 0.3 is 0 Å². The highest BCUT2D eigenvalue weighted by Gasteiger charge is 2.17. The predicted molar refractivity (Wildman–Crippen MR) is 66.2 cm³/mol. The van der Waals surface area contributed by atoms with E-state index in [1.807, 2.05) is 23.9 Å². The molecule has 2 rings (SSSR count). The molecule has 0 bridgehead atoms. The molecular formula is C12H13N3S. The minimum Gasteiger partial charge on any atom is -0.336 e. The number of hydrogen-bond acceptors (Lipinski definition) is 3. The van der Waals surface area contributed by atoms with Crippen molar-refractivity contribution in [2.75, 3.05) is 6.54 Å². The molecule has 0 saturated carbocycles. The SMILES string of the molecule is C#CCNC(c1cccs1)c1nccn1C. The lowest BCUT2D eigenvalue weighted by Crippen LogP contribution is -2.24. The normalized spacial score (nSPS) is 12.2. The third kappa shape index (κ3) is 2.16. The molecule has 2 aromatic heterocycles. The van der Waals surface area contributed by atoms with Crippen LogP contribution in [0.25, 0.3) is 0 Å². The summed E-state index contributed by atoms with van der Waals surface area (Å²) in [7, 11) is 1.99. The summed E-state index contributed by atoms with van der Waals surface area (Å²) in [5, 5.41) is 5.36. The van der Waals surface area contributed by atoms with Gasteiger partial charge in [-0.3, -0.25) is 5.32 Å². The number of nitrogens with zero attached hydrogens (tertiary/aromatic N) is 2. The van der Waals surface area contributed by atoms with Gasteiger partial charge in [0.05, 0.1) is 6.54 Å². The Morgan fingerprint density at radius 2 is 2.56 bits per heavy atom. The molecule has 0 aliphatic heterocycles. The molecule has 0 radical (unpaired) electrons. The van der Waals surface area contributed by atoms with Crippen LogP contribution in [0.5, 0.6) is 0 Å². The third-order valence-electron chi connectivity index (χ3n) is 2.35. The van der Waals surface area contributed by atoms with Gasteiger partial charge < -0.3 is 4.57 Å². The molecular weight excluding hydrogens is 218 g/mol. The Kier molecular flexibility index (Phi) is 3.40. The third-order valence-corrected chi connectivity index (χ3v) is 3.29. The van der Waals surface area contributed by atoms with Gasteiger partial charge in [-0.25, -0.2) is 4.98 Å². The minimum atomic E-state index is 0.0797. The van der Waals surface area contributed by atoms with E-state index >= 15 is 0 Å². The van der Waals surface area contributed by atoms with Crippen molar-refractivity contribution in [1.82, 2.24) is 14.9 Å². The summed E-state index contributed by atoms with van der Waals surface area (Å²) < 4.78 is 2.01. The smallest absolute Gasteiger partial charge is 0.131 e. The molecule has 0 amide bonds. The molecule has 4 heteroatoms. The van der Waals surface area contributed by atoms with Crippen molar-refractivity contribution < 1.29 is 0 Å². The molecule has 16 heavy (non-hydrogen) atoms. The maximum Gasteiger partial charge on any atom is 0.131 e. The van der Waals surface area contributed by atoms with Crippen LogP contribution in [-0.2, 0) is 7.05 Å². The van der Waals surface area contributed by atoms with E-state index in [9.17, 15) is 0 Å². The fourth-order valence-electron chi connectivity index (χ4n) is 1.59. The Morgan fingerprint density at radius 1 is 1.69 bits per heavy atom. The summed E-state index contributed by atoms with van der Waals surface area (Å²) >= 11 is 1.70. The molecule has 0 saturated heterocycles. The van der Waals surface area contributed by atoms with Crippen LogP contribution in [0.3, 0.4) is 0 Å². The van der Waals surface area contributed by atoms with E-state index in [4.69, 9.17) is 6.42 Å². The minimum absolute atomic E-state index is 0.0797. The summed E-state index contributed by atoms with van der Waals surface area (Å²) in [6, 6.07) is 4.21. The Hall–Kier alpha value is -1.57. The van der Waals surface area contributed by atoms with E-state index in [-0.39, 0.29) is 6.04 Å². The molecule has 1 N–H and O–H groups in total. The predicted octanol–water partition coefficient (Wildman–Crippen LogP) is 1.79. The van der Waals surface area contributed by atoms with Crippen LogP contribution in [0.4, 0.5) is 0 Å². The van der Waals surface area contributed by atoms with Crippen molar-refractivity contribution in [3.05, 3.63) is 40.6 Å². The lowest BCUT2D eigenvalue weighted by Gasteiger charge is -2.15. The highest BCUT2D eigenvalue weighted by molar-refractivity contribution is 7.10. The van der Waals surface area contributed by atoms with Gasteiger partial charge in [-0.1, -0.05) is 12.0 Å². The van der Waals surface area contributed by atoms with Gasteiger partial charge in [-0.15, -0.1) is 17.8 Å². The van der Waals surface area contributed by atoms with Gasteiger partial charge in [0.1, 0.15) is 11.9 Å². The van der Waals surface area contributed by atoms with Crippen molar-refractivity contribution in [3.63, 3.8) is 0 Å². The summed E-state index contributed by atoms with van der Waals surface area (Å²) in [4.78, 5) is 5.59. The summed E-state index contributed by atoms with van der Waals surface area (Å²) in [5.41, 5.74) is 0. The average molecular weight is 231 g/mol. The first-order chi connectivity index (χ1) is 7.83. The van der Waals surface area contributed by atoms with Crippen molar-refractivity contribution in [1.29, 1.82) is 0 Å². The zero-order valence-electron chi connectivity index (χ0n) is 9.05. The molecule has 82 valence electrons. The molecule has 0 aliphatic rings. The highest BCUT2D eigenvalue weighted by Crippen LogP contribution is 2.24. The van der Waals surface area contributed by atoms with Crippen LogP contribution < -0.4 is 5.32 Å². The van der Waals surface area contributed by atoms with Crippen LogP contribution >= 0.6 is 11.3 Å². The fraction of sp³-hybridized carbons (Fsp3) is 0.250. The number of hydrogen-bond donors (Lipinski definition) is 1. The molecule has 3 nitrogen and oxygen atoms in total. The van der Waals surface area contributed by atoms with Gasteiger partial charge in [0.15, 0.2) is 0 Å². The molecule has 0 aromatic carbocycles. The van der Waals surface area contributed by atoms with Gasteiger partial charge in [0, 0.05) is 24.3 Å². The van der Waals surface area contributed by atoms with Crippen molar-refractivity contribution in [2.24, 2.45) is 7.05 Å². The van der Waals surface area contributed by atoms with E-state index in [0.29, 0.717) is 6.54 Å². The first kappa shape index (κ1) is 10.9. The van der Waals surface area contributed by atoms with Crippen molar-refractivity contribution in [3.8, 4) is 12.3 Å². The number of aryl methyl sites for hydroxylation is 1. The molecule has 2 heterocycles. The summed E-state index contributed by atoms with van der Waals surface area (Å²) in [5.74, 6) is 3.58. The van der Waals surface area contributed by atoms with Gasteiger partial charge in [0.25, 0.3) is 0 Å². The van der Waals surface area contributed by atoms with Crippen LogP contribution in [0.2, 0.25) is 0 Å². The average Bonchev–Trinajstić information content (AvgIpc) is 2.91. The summed E-state index contributed by atoms with van der Waals surface area (Å²) in [6.07, 6.45) is 9.02. The van der Waals surface area contributed by atoms with Crippen LogP contribution in [0, 0.1) is 12.3 Å². The van der Waals surface area contributed by atoms with E-state index < -0.39 is 0 Å². The second-order valence-corrected chi connectivity index (χ2v) is 4.41.